The van der Waals surface area contributed by atoms with Gasteiger partial charge in [0.2, 0.25) is 0 Å². The first-order valence-corrected chi connectivity index (χ1v) is 3.88. The van der Waals surface area contributed by atoms with Gasteiger partial charge in [-0.1, -0.05) is 0 Å². The molecule has 3 nitrogen and oxygen atoms in total. The molecule has 0 aliphatic carbocycles. The predicted molar refractivity (Wildman–Crippen MR) is 47.8 cm³/mol. The normalized spacial score (nSPS) is 9.14. The second kappa shape index (κ2) is 4.84. The molecule has 73 valence electrons. The van der Waals surface area contributed by atoms with E-state index in [1.165, 1.54) is 0 Å². The molecule has 1 aromatic carbocycles. The molecule has 0 spiro atoms. The summed E-state index contributed by atoms with van der Waals surface area (Å²) in [5.74, 6) is 0. The molecule has 0 amide bonds. The van der Waals surface area contributed by atoms with Crippen LogP contribution < -0.4 is 0 Å². The van der Waals surface area contributed by atoms with Crippen LogP contribution in [0, 0.1) is 6.07 Å². The maximum atomic E-state index is 10.4. The molecule has 0 aliphatic rings. The number of para-hydroxylation sites is 1. The van der Waals surface area contributed by atoms with Crippen LogP contribution in [0.4, 0.5) is 0 Å². The third-order valence-corrected chi connectivity index (χ3v) is 1.67. The van der Waals surface area contributed by atoms with E-state index in [1.54, 1.807) is 23.0 Å². The summed E-state index contributed by atoms with van der Waals surface area (Å²) in [4.78, 5) is 10.4. The van der Waals surface area contributed by atoms with Crippen molar-refractivity contribution in [3.8, 4) is 5.69 Å². The van der Waals surface area contributed by atoms with Gasteiger partial charge < -0.3 is 0 Å². The zero-order valence-corrected chi connectivity index (χ0v) is 9.57. The third kappa shape index (κ3) is 2.16. The molecule has 0 aliphatic heterocycles. The molecule has 1 heterocycles. The van der Waals surface area contributed by atoms with Crippen LogP contribution in [0.25, 0.3) is 5.69 Å². The zero-order valence-electron chi connectivity index (χ0n) is 7.18. The molecule has 14 heavy (non-hydrogen) atoms. The van der Waals surface area contributed by atoms with Crippen molar-refractivity contribution in [1.82, 2.24) is 9.78 Å². The SMILES string of the molecule is O=Cc1ccn(-c2[c-]cccc2)n1.[Ir]. The van der Waals surface area contributed by atoms with Gasteiger partial charge in [-0.2, -0.15) is 29.4 Å². The summed E-state index contributed by atoms with van der Waals surface area (Å²) in [5.41, 5.74) is 1.26. The van der Waals surface area contributed by atoms with Gasteiger partial charge >= 0.3 is 0 Å². The van der Waals surface area contributed by atoms with Crippen LogP contribution in [-0.2, 0) is 20.1 Å². The van der Waals surface area contributed by atoms with E-state index >= 15 is 0 Å². The summed E-state index contributed by atoms with van der Waals surface area (Å²) in [5, 5.41) is 4.02. The van der Waals surface area contributed by atoms with Crippen molar-refractivity contribution < 1.29 is 24.9 Å². The van der Waals surface area contributed by atoms with Crippen molar-refractivity contribution >= 4 is 6.29 Å². The number of benzene rings is 1. The molecule has 1 aromatic heterocycles. The van der Waals surface area contributed by atoms with Gasteiger partial charge in [0, 0.05) is 26.3 Å². The molecule has 0 saturated carbocycles. The molecule has 0 saturated heterocycles. The van der Waals surface area contributed by atoms with Crippen molar-refractivity contribution in [1.29, 1.82) is 0 Å². The van der Waals surface area contributed by atoms with E-state index in [4.69, 9.17) is 0 Å². The zero-order chi connectivity index (χ0) is 9.10. The molecular formula is C10H7IrN2O-. The summed E-state index contributed by atoms with van der Waals surface area (Å²) in [6.07, 6.45) is 2.45. The third-order valence-electron chi connectivity index (χ3n) is 1.67. The second-order valence-electron chi connectivity index (χ2n) is 2.55. The van der Waals surface area contributed by atoms with E-state index in [1.807, 2.05) is 18.2 Å². The van der Waals surface area contributed by atoms with E-state index in [2.05, 4.69) is 11.2 Å². The Morgan fingerprint density at radius 2 is 2.21 bits per heavy atom. The fraction of sp³-hybridized carbons (Fsp3) is 0. The predicted octanol–water partition coefficient (Wildman–Crippen LogP) is 1.48. The van der Waals surface area contributed by atoms with Crippen molar-refractivity contribution in [3.05, 3.63) is 48.3 Å². The summed E-state index contributed by atoms with van der Waals surface area (Å²) in [7, 11) is 0. The van der Waals surface area contributed by atoms with Gasteiger partial charge in [-0.05, 0) is 11.8 Å². The molecule has 2 rings (SSSR count). The number of aldehydes is 1. The smallest absolute Gasteiger partial charge is 0.170 e. The van der Waals surface area contributed by atoms with E-state index in [0.29, 0.717) is 5.69 Å². The van der Waals surface area contributed by atoms with E-state index in [9.17, 15) is 4.79 Å². The first-order valence-electron chi connectivity index (χ1n) is 3.88. The minimum atomic E-state index is 0. The fourth-order valence-corrected chi connectivity index (χ4v) is 1.06. The van der Waals surface area contributed by atoms with Crippen LogP contribution in [0.5, 0.6) is 0 Å². The number of hydrogen-bond acceptors (Lipinski definition) is 2. The average molecular weight is 363 g/mol. The molecule has 0 fully saturated rings. The van der Waals surface area contributed by atoms with Crippen molar-refractivity contribution in [2.24, 2.45) is 0 Å². The Balaban J connectivity index is 0.000000980. The van der Waals surface area contributed by atoms with Crippen LogP contribution in [-0.4, -0.2) is 16.1 Å². The van der Waals surface area contributed by atoms with Gasteiger partial charge in [0.1, 0.15) is 5.69 Å². The number of rotatable bonds is 2. The van der Waals surface area contributed by atoms with Gasteiger partial charge in [0.05, 0.1) is 0 Å². The summed E-state index contributed by atoms with van der Waals surface area (Å²) in [6.45, 7) is 0. The topological polar surface area (TPSA) is 34.9 Å². The molecule has 0 atom stereocenters. The van der Waals surface area contributed by atoms with Crippen LogP contribution in [0.1, 0.15) is 10.5 Å². The minimum Gasteiger partial charge on any atom is -0.296 e. The van der Waals surface area contributed by atoms with Crippen molar-refractivity contribution in [2.75, 3.05) is 0 Å². The van der Waals surface area contributed by atoms with Gasteiger partial charge in [-0.25, -0.2) is 0 Å². The summed E-state index contributed by atoms with van der Waals surface area (Å²) < 4.78 is 1.61. The molecule has 2 aromatic rings. The molecule has 0 unspecified atom stereocenters. The van der Waals surface area contributed by atoms with Crippen LogP contribution >= 0.6 is 0 Å². The second-order valence-corrected chi connectivity index (χ2v) is 2.55. The quantitative estimate of drug-likeness (QED) is 0.599. The Labute approximate surface area is 95.1 Å². The van der Waals surface area contributed by atoms with Gasteiger partial charge in [-0.15, -0.1) is 6.07 Å². The Morgan fingerprint density at radius 3 is 2.79 bits per heavy atom. The first kappa shape index (κ1) is 10.8. The van der Waals surface area contributed by atoms with E-state index < -0.39 is 0 Å². The van der Waals surface area contributed by atoms with E-state index in [0.717, 1.165) is 12.0 Å². The maximum Gasteiger partial charge on any atom is 0.170 e. The number of carbonyl (C=O) groups excluding carboxylic acids is 1. The maximum absolute atomic E-state index is 10.4. The van der Waals surface area contributed by atoms with Gasteiger partial charge in [0.25, 0.3) is 0 Å². The number of carbonyl (C=O) groups is 1. The van der Waals surface area contributed by atoms with E-state index in [-0.39, 0.29) is 20.1 Å². The number of nitrogens with zero attached hydrogens (tertiary/aromatic N) is 2. The first-order chi connectivity index (χ1) is 6.40. The number of aromatic nitrogens is 2. The average Bonchev–Trinajstić information content (AvgIpc) is 2.67. The van der Waals surface area contributed by atoms with Crippen LogP contribution in [0.15, 0.2) is 36.5 Å². The molecular weight excluding hydrogens is 356 g/mol. The number of hydrogen-bond donors (Lipinski definition) is 0. The van der Waals surface area contributed by atoms with Crippen molar-refractivity contribution in [3.63, 3.8) is 0 Å². The largest absolute Gasteiger partial charge is 0.296 e. The Kier molecular flexibility index (Phi) is 3.74. The summed E-state index contributed by atoms with van der Waals surface area (Å²) in [6, 6.07) is 12.1. The van der Waals surface area contributed by atoms with Crippen LogP contribution in [0.3, 0.4) is 0 Å². The summed E-state index contributed by atoms with van der Waals surface area (Å²) >= 11 is 0. The fourth-order valence-electron chi connectivity index (χ4n) is 1.06. The van der Waals surface area contributed by atoms with Gasteiger partial charge in [0.15, 0.2) is 6.29 Å². The minimum absolute atomic E-state index is 0. The Morgan fingerprint density at radius 1 is 1.36 bits per heavy atom. The molecule has 0 N–H and O–H groups in total. The Hall–Kier alpha value is -1.25. The molecule has 0 bridgehead atoms. The van der Waals surface area contributed by atoms with Crippen molar-refractivity contribution in [2.45, 2.75) is 0 Å². The Bertz CT molecular complexity index is 411. The molecule has 4 heteroatoms. The molecule has 1 radical (unpaired) electrons. The van der Waals surface area contributed by atoms with Gasteiger partial charge in [-0.3, -0.25) is 9.48 Å². The van der Waals surface area contributed by atoms with Crippen LogP contribution in [0.2, 0.25) is 0 Å². The standard InChI is InChI=1S/C10H7N2O.Ir/c13-8-9-6-7-12(11-9)10-4-2-1-3-5-10;/h1-4,6-8H;/q-1;. The monoisotopic (exact) mass is 364 g/mol.